The Kier molecular flexibility index (Phi) is 4.34. The molecule has 15 heavy (non-hydrogen) atoms. The van der Waals surface area contributed by atoms with Gasteiger partial charge in [0.25, 0.3) is 0 Å². The summed E-state index contributed by atoms with van der Waals surface area (Å²) in [4.78, 5) is 15.4. The van der Waals surface area contributed by atoms with E-state index in [2.05, 4.69) is 22.2 Å². The van der Waals surface area contributed by atoms with Gasteiger partial charge in [0.2, 0.25) is 5.91 Å². The molecule has 0 saturated heterocycles. The van der Waals surface area contributed by atoms with Gasteiger partial charge in [0, 0.05) is 13.5 Å². The van der Waals surface area contributed by atoms with Gasteiger partial charge in [0.15, 0.2) is 0 Å². The van der Waals surface area contributed by atoms with E-state index >= 15 is 0 Å². The van der Waals surface area contributed by atoms with E-state index in [0.29, 0.717) is 18.5 Å². The van der Waals surface area contributed by atoms with Crippen LogP contribution in [0.3, 0.4) is 0 Å². The van der Waals surface area contributed by atoms with Gasteiger partial charge in [-0.25, -0.2) is 4.98 Å². The molecule has 4 nitrogen and oxygen atoms in total. The molecule has 0 aromatic carbocycles. The number of carbonyl (C=O) groups excluding carboxylic acids is 1. The number of amides is 1. The molecule has 0 saturated carbocycles. The average molecular weight is 205 g/mol. The van der Waals surface area contributed by atoms with Crippen LogP contribution in [-0.4, -0.2) is 17.9 Å². The highest BCUT2D eigenvalue weighted by Crippen LogP contribution is 2.09. The molecule has 1 aromatic heterocycles. The molecule has 0 unspecified atom stereocenters. The van der Waals surface area contributed by atoms with Crippen LogP contribution in [0.15, 0.2) is 31.0 Å². The van der Waals surface area contributed by atoms with Crippen LogP contribution in [0.2, 0.25) is 0 Å². The lowest BCUT2D eigenvalue weighted by Gasteiger charge is -2.04. The van der Waals surface area contributed by atoms with Crippen molar-refractivity contribution >= 4 is 17.4 Å². The van der Waals surface area contributed by atoms with Crippen LogP contribution in [0.4, 0.5) is 11.5 Å². The minimum Gasteiger partial charge on any atom is -0.373 e. The fraction of sp³-hybridized carbons (Fsp3) is 0.273. The Morgan fingerprint density at radius 2 is 2.40 bits per heavy atom. The quantitative estimate of drug-likeness (QED) is 0.723. The molecule has 1 heterocycles. The highest BCUT2D eigenvalue weighted by atomic mass is 16.1. The van der Waals surface area contributed by atoms with E-state index in [-0.39, 0.29) is 5.91 Å². The molecule has 0 aliphatic rings. The molecule has 0 aliphatic heterocycles. The van der Waals surface area contributed by atoms with Crippen LogP contribution < -0.4 is 10.6 Å². The average Bonchev–Trinajstić information content (AvgIpc) is 2.27. The molecule has 1 aromatic rings. The number of aromatic nitrogens is 1. The Hall–Kier alpha value is -1.84. The number of anilines is 2. The third kappa shape index (κ3) is 3.81. The molecule has 0 bridgehead atoms. The Morgan fingerprint density at radius 1 is 1.60 bits per heavy atom. The molecule has 80 valence electrons. The normalized spacial score (nSPS) is 9.40. The summed E-state index contributed by atoms with van der Waals surface area (Å²) in [6, 6.07) is 3.62. The number of nitrogens with zero attached hydrogens (tertiary/aromatic N) is 1. The molecule has 1 amide bonds. The predicted molar refractivity (Wildman–Crippen MR) is 61.8 cm³/mol. The molecular formula is C11H15N3O. The Bertz CT molecular complexity index is 332. The smallest absolute Gasteiger partial charge is 0.224 e. The number of hydrogen-bond donors (Lipinski definition) is 2. The second-order valence-electron chi connectivity index (χ2n) is 3.06. The van der Waals surface area contributed by atoms with Gasteiger partial charge in [-0.3, -0.25) is 4.79 Å². The van der Waals surface area contributed by atoms with E-state index in [1.165, 1.54) is 0 Å². The molecule has 0 fully saturated rings. The van der Waals surface area contributed by atoms with E-state index in [1.54, 1.807) is 19.3 Å². The number of rotatable bonds is 5. The monoisotopic (exact) mass is 205 g/mol. The molecule has 0 aliphatic carbocycles. The largest absolute Gasteiger partial charge is 0.373 e. The summed E-state index contributed by atoms with van der Waals surface area (Å²) in [6.07, 6.45) is 4.49. The van der Waals surface area contributed by atoms with E-state index in [0.717, 1.165) is 5.82 Å². The maximum absolute atomic E-state index is 11.3. The first-order valence-corrected chi connectivity index (χ1v) is 4.81. The standard InChI is InChI=1S/C11H15N3O/c1-3-4-5-11(15)14-9-6-7-10(12-2)13-8-9/h3,6-8H,1,4-5H2,2H3,(H,12,13)(H,14,15). The van der Waals surface area contributed by atoms with Gasteiger partial charge in [-0.2, -0.15) is 0 Å². The van der Waals surface area contributed by atoms with Crippen molar-refractivity contribution in [3.63, 3.8) is 0 Å². The topological polar surface area (TPSA) is 54.0 Å². The zero-order valence-electron chi connectivity index (χ0n) is 8.79. The summed E-state index contributed by atoms with van der Waals surface area (Å²) in [7, 11) is 1.80. The zero-order chi connectivity index (χ0) is 11.1. The van der Waals surface area contributed by atoms with Crippen molar-refractivity contribution in [2.24, 2.45) is 0 Å². The number of hydrogen-bond acceptors (Lipinski definition) is 3. The van der Waals surface area contributed by atoms with Crippen LogP contribution in [0.5, 0.6) is 0 Å². The first-order chi connectivity index (χ1) is 7.26. The van der Waals surface area contributed by atoms with Crippen molar-refractivity contribution < 1.29 is 4.79 Å². The lowest BCUT2D eigenvalue weighted by Crippen LogP contribution is -2.10. The summed E-state index contributed by atoms with van der Waals surface area (Å²) in [5.41, 5.74) is 0.711. The second-order valence-corrected chi connectivity index (χ2v) is 3.06. The van der Waals surface area contributed by atoms with Gasteiger partial charge < -0.3 is 10.6 Å². The van der Waals surface area contributed by atoms with Crippen molar-refractivity contribution in [2.45, 2.75) is 12.8 Å². The van der Waals surface area contributed by atoms with Crippen LogP contribution in [0.25, 0.3) is 0 Å². The highest BCUT2D eigenvalue weighted by Gasteiger charge is 2.00. The third-order valence-corrected chi connectivity index (χ3v) is 1.88. The molecular weight excluding hydrogens is 190 g/mol. The molecule has 0 spiro atoms. The zero-order valence-corrected chi connectivity index (χ0v) is 8.79. The van der Waals surface area contributed by atoms with E-state index in [9.17, 15) is 4.79 Å². The summed E-state index contributed by atoms with van der Waals surface area (Å²) < 4.78 is 0. The molecule has 2 N–H and O–H groups in total. The van der Waals surface area contributed by atoms with E-state index in [1.807, 2.05) is 12.1 Å². The first kappa shape index (κ1) is 11.2. The highest BCUT2D eigenvalue weighted by molar-refractivity contribution is 5.90. The van der Waals surface area contributed by atoms with Crippen LogP contribution >= 0.6 is 0 Å². The van der Waals surface area contributed by atoms with Gasteiger partial charge in [-0.1, -0.05) is 6.08 Å². The van der Waals surface area contributed by atoms with Gasteiger partial charge in [-0.05, 0) is 18.6 Å². The fourth-order valence-corrected chi connectivity index (χ4v) is 1.07. The van der Waals surface area contributed by atoms with Gasteiger partial charge >= 0.3 is 0 Å². The number of allylic oxidation sites excluding steroid dienone is 1. The summed E-state index contributed by atoms with van der Waals surface area (Å²) in [5.74, 6) is 0.757. The molecule has 1 rings (SSSR count). The lowest BCUT2D eigenvalue weighted by molar-refractivity contribution is -0.116. The van der Waals surface area contributed by atoms with Crippen molar-refractivity contribution in [1.82, 2.24) is 4.98 Å². The number of nitrogens with one attached hydrogen (secondary N) is 2. The van der Waals surface area contributed by atoms with E-state index < -0.39 is 0 Å². The third-order valence-electron chi connectivity index (χ3n) is 1.88. The predicted octanol–water partition coefficient (Wildman–Crippen LogP) is 2.03. The van der Waals surface area contributed by atoms with Crippen LogP contribution in [0, 0.1) is 0 Å². The van der Waals surface area contributed by atoms with Crippen molar-refractivity contribution in [1.29, 1.82) is 0 Å². The van der Waals surface area contributed by atoms with Crippen molar-refractivity contribution in [2.75, 3.05) is 17.7 Å². The number of carbonyl (C=O) groups is 1. The maximum Gasteiger partial charge on any atom is 0.224 e. The Balaban J connectivity index is 2.49. The Labute approximate surface area is 89.4 Å². The van der Waals surface area contributed by atoms with Gasteiger partial charge in [0.05, 0.1) is 11.9 Å². The molecule has 4 heteroatoms. The molecule has 0 radical (unpaired) electrons. The van der Waals surface area contributed by atoms with Crippen LogP contribution in [-0.2, 0) is 4.79 Å². The lowest BCUT2D eigenvalue weighted by atomic mass is 10.3. The second kappa shape index (κ2) is 5.80. The van der Waals surface area contributed by atoms with Crippen LogP contribution in [0.1, 0.15) is 12.8 Å². The van der Waals surface area contributed by atoms with Crippen molar-refractivity contribution in [3.8, 4) is 0 Å². The minimum atomic E-state index is -0.0195. The van der Waals surface area contributed by atoms with E-state index in [4.69, 9.17) is 0 Å². The number of pyridine rings is 1. The molecule has 0 atom stereocenters. The summed E-state index contributed by atoms with van der Waals surface area (Å²) in [6.45, 7) is 3.56. The minimum absolute atomic E-state index is 0.0195. The Morgan fingerprint density at radius 3 is 2.93 bits per heavy atom. The van der Waals surface area contributed by atoms with Gasteiger partial charge in [-0.15, -0.1) is 6.58 Å². The maximum atomic E-state index is 11.3. The summed E-state index contributed by atoms with van der Waals surface area (Å²) in [5, 5.41) is 5.66. The van der Waals surface area contributed by atoms with Gasteiger partial charge in [0.1, 0.15) is 5.82 Å². The van der Waals surface area contributed by atoms with Crippen molar-refractivity contribution in [3.05, 3.63) is 31.0 Å². The summed E-state index contributed by atoms with van der Waals surface area (Å²) >= 11 is 0. The fourth-order valence-electron chi connectivity index (χ4n) is 1.07. The SMILES string of the molecule is C=CCCC(=O)Nc1ccc(NC)nc1. The first-order valence-electron chi connectivity index (χ1n) is 4.81.